The van der Waals surface area contributed by atoms with Gasteiger partial charge >= 0.3 is 0 Å². The molecule has 1 fully saturated rings. The number of rotatable bonds is 8. The van der Waals surface area contributed by atoms with Gasteiger partial charge in [0.15, 0.2) is 0 Å². The Labute approximate surface area is 133 Å². The molecule has 0 atom stereocenters. The van der Waals surface area contributed by atoms with Gasteiger partial charge in [-0.05, 0) is 68.1 Å². The lowest BCUT2D eigenvalue weighted by molar-refractivity contribution is 0.302. The SMILES string of the molecule is F/C=C/CCCCCC[C@H]1CC[C@H](c2ccc(F)cc2)CC1. The van der Waals surface area contributed by atoms with Crippen molar-refractivity contribution in [3.63, 3.8) is 0 Å². The quantitative estimate of drug-likeness (QED) is 0.457. The Morgan fingerprint density at radius 1 is 0.909 bits per heavy atom. The van der Waals surface area contributed by atoms with Crippen molar-refractivity contribution in [2.24, 2.45) is 5.92 Å². The Morgan fingerprint density at radius 3 is 2.27 bits per heavy atom. The Bertz CT molecular complexity index is 428. The van der Waals surface area contributed by atoms with Gasteiger partial charge in [0.1, 0.15) is 5.82 Å². The number of unbranched alkanes of at least 4 members (excludes halogenated alkanes) is 4. The van der Waals surface area contributed by atoms with Crippen LogP contribution >= 0.6 is 0 Å². The molecule has 1 aliphatic rings. The van der Waals surface area contributed by atoms with Crippen LogP contribution in [0, 0.1) is 11.7 Å². The van der Waals surface area contributed by atoms with Gasteiger partial charge in [0.2, 0.25) is 0 Å². The average Bonchev–Trinajstić information content (AvgIpc) is 2.55. The molecule has 0 radical (unpaired) electrons. The summed E-state index contributed by atoms with van der Waals surface area (Å²) in [5, 5.41) is 0. The maximum Gasteiger partial charge on any atom is 0.123 e. The molecule has 0 saturated heterocycles. The minimum Gasteiger partial charge on any atom is -0.216 e. The van der Waals surface area contributed by atoms with Gasteiger partial charge in [0.25, 0.3) is 0 Å². The van der Waals surface area contributed by atoms with Crippen molar-refractivity contribution in [1.82, 2.24) is 0 Å². The first-order valence-electron chi connectivity index (χ1n) is 8.80. The summed E-state index contributed by atoms with van der Waals surface area (Å²) in [7, 11) is 0. The molecule has 0 unspecified atom stereocenters. The summed E-state index contributed by atoms with van der Waals surface area (Å²) in [6.07, 6.45) is 14.5. The van der Waals surface area contributed by atoms with Crippen LogP contribution in [0.5, 0.6) is 0 Å². The molecule has 1 aromatic carbocycles. The van der Waals surface area contributed by atoms with Crippen LogP contribution in [0.2, 0.25) is 0 Å². The van der Waals surface area contributed by atoms with Gasteiger partial charge in [-0.15, -0.1) is 0 Å². The Kier molecular flexibility index (Phi) is 7.62. The molecule has 0 spiro atoms. The first kappa shape index (κ1) is 17.2. The zero-order chi connectivity index (χ0) is 15.6. The van der Waals surface area contributed by atoms with Crippen LogP contribution in [0.15, 0.2) is 36.7 Å². The molecular weight excluding hydrogens is 278 g/mol. The van der Waals surface area contributed by atoms with E-state index in [1.54, 1.807) is 18.2 Å². The Hall–Kier alpha value is -1.18. The van der Waals surface area contributed by atoms with Crippen LogP contribution in [0.3, 0.4) is 0 Å². The van der Waals surface area contributed by atoms with Crippen LogP contribution in [0.25, 0.3) is 0 Å². The van der Waals surface area contributed by atoms with Gasteiger partial charge in [-0.2, -0.15) is 0 Å². The first-order chi connectivity index (χ1) is 10.8. The normalized spacial score (nSPS) is 22.3. The van der Waals surface area contributed by atoms with Crippen LogP contribution in [0.4, 0.5) is 8.78 Å². The second-order valence-corrected chi connectivity index (χ2v) is 6.62. The summed E-state index contributed by atoms with van der Waals surface area (Å²) in [4.78, 5) is 0. The molecule has 1 aromatic rings. The third-order valence-corrected chi connectivity index (χ3v) is 5.01. The standard InChI is InChI=1S/C20H28F2/c21-16-6-4-2-1-3-5-7-17-8-10-18(11-9-17)19-12-14-20(22)15-13-19/h6,12-18H,1-5,7-11H2/b16-6+/t17-,18-. The summed E-state index contributed by atoms with van der Waals surface area (Å²) in [6.45, 7) is 0. The highest BCUT2D eigenvalue weighted by molar-refractivity contribution is 5.20. The van der Waals surface area contributed by atoms with Gasteiger partial charge in [-0.3, -0.25) is 0 Å². The minimum absolute atomic E-state index is 0.139. The zero-order valence-corrected chi connectivity index (χ0v) is 13.4. The molecule has 2 rings (SSSR count). The molecule has 22 heavy (non-hydrogen) atoms. The van der Waals surface area contributed by atoms with Gasteiger partial charge in [0.05, 0.1) is 6.33 Å². The van der Waals surface area contributed by atoms with E-state index >= 15 is 0 Å². The number of hydrogen-bond acceptors (Lipinski definition) is 0. The lowest BCUT2D eigenvalue weighted by atomic mass is 9.77. The Morgan fingerprint density at radius 2 is 1.59 bits per heavy atom. The van der Waals surface area contributed by atoms with E-state index in [4.69, 9.17) is 0 Å². The molecule has 122 valence electrons. The summed E-state index contributed by atoms with van der Waals surface area (Å²) in [5.74, 6) is 1.37. The van der Waals surface area contributed by atoms with Crippen molar-refractivity contribution in [1.29, 1.82) is 0 Å². The van der Waals surface area contributed by atoms with Gasteiger partial charge < -0.3 is 0 Å². The second-order valence-electron chi connectivity index (χ2n) is 6.62. The van der Waals surface area contributed by atoms with E-state index in [9.17, 15) is 8.78 Å². The molecule has 0 nitrogen and oxygen atoms in total. The van der Waals surface area contributed by atoms with Crippen molar-refractivity contribution in [2.45, 2.75) is 70.1 Å². The number of halogens is 2. The molecule has 1 aliphatic carbocycles. The summed E-state index contributed by atoms with van der Waals surface area (Å²) < 4.78 is 24.8. The zero-order valence-electron chi connectivity index (χ0n) is 13.4. The highest BCUT2D eigenvalue weighted by Crippen LogP contribution is 2.37. The topological polar surface area (TPSA) is 0 Å². The summed E-state index contributed by atoms with van der Waals surface area (Å²) in [6, 6.07) is 7.07. The van der Waals surface area contributed by atoms with E-state index in [-0.39, 0.29) is 5.82 Å². The second kappa shape index (κ2) is 9.76. The molecule has 0 aliphatic heterocycles. The maximum absolute atomic E-state index is 13.0. The van der Waals surface area contributed by atoms with Crippen LogP contribution in [0.1, 0.15) is 75.7 Å². The van der Waals surface area contributed by atoms with E-state index < -0.39 is 0 Å². The van der Waals surface area contributed by atoms with E-state index in [2.05, 4.69) is 0 Å². The molecule has 2 heteroatoms. The lowest BCUT2D eigenvalue weighted by Gasteiger charge is -2.28. The smallest absolute Gasteiger partial charge is 0.123 e. The molecule has 0 aromatic heterocycles. The fourth-order valence-electron chi connectivity index (χ4n) is 3.63. The molecule has 1 saturated carbocycles. The van der Waals surface area contributed by atoms with E-state index in [1.165, 1.54) is 56.9 Å². The highest BCUT2D eigenvalue weighted by Gasteiger charge is 2.21. The molecule has 0 bridgehead atoms. The van der Waals surface area contributed by atoms with Crippen LogP contribution < -0.4 is 0 Å². The molecule has 0 amide bonds. The third kappa shape index (κ3) is 5.90. The number of allylic oxidation sites excluding steroid dienone is 1. The third-order valence-electron chi connectivity index (χ3n) is 5.01. The highest BCUT2D eigenvalue weighted by atomic mass is 19.1. The van der Waals surface area contributed by atoms with Crippen molar-refractivity contribution in [2.75, 3.05) is 0 Å². The Balaban J connectivity index is 1.58. The molecule has 0 heterocycles. The van der Waals surface area contributed by atoms with Gasteiger partial charge in [-0.1, -0.05) is 43.9 Å². The largest absolute Gasteiger partial charge is 0.216 e. The van der Waals surface area contributed by atoms with Crippen molar-refractivity contribution >= 4 is 0 Å². The van der Waals surface area contributed by atoms with Crippen molar-refractivity contribution in [3.05, 3.63) is 48.1 Å². The monoisotopic (exact) mass is 306 g/mol. The first-order valence-corrected chi connectivity index (χ1v) is 8.80. The number of hydrogen-bond donors (Lipinski definition) is 0. The number of benzene rings is 1. The van der Waals surface area contributed by atoms with Crippen molar-refractivity contribution in [3.8, 4) is 0 Å². The molecule has 0 N–H and O–H groups in total. The summed E-state index contributed by atoms with van der Waals surface area (Å²) >= 11 is 0. The van der Waals surface area contributed by atoms with Gasteiger partial charge in [0, 0.05) is 0 Å². The van der Waals surface area contributed by atoms with E-state index in [1.807, 2.05) is 12.1 Å². The lowest BCUT2D eigenvalue weighted by Crippen LogP contribution is -2.13. The van der Waals surface area contributed by atoms with E-state index in [0.717, 1.165) is 18.8 Å². The maximum atomic E-state index is 13.0. The van der Waals surface area contributed by atoms with Crippen LogP contribution in [-0.4, -0.2) is 0 Å². The van der Waals surface area contributed by atoms with Crippen molar-refractivity contribution < 1.29 is 8.78 Å². The minimum atomic E-state index is -0.139. The van der Waals surface area contributed by atoms with Gasteiger partial charge in [-0.25, -0.2) is 8.78 Å². The van der Waals surface area contributed by atoms with Crippen LogP contribution in [-0.2, 0) is 0 Å². The fraction of sp³-hybridized carbons (Fsp3) is 0.600. The average molecular weight is 306 g/mol. The fourth-order valence-corrected chi connectivity index (χ4v) is 3.63. The molecular formula is C20H28F2. The predicted octanol–water partition coefficient (Wildman–Crippen LogP) is 6.92. The van der Waals surface area contributed by atoms with E-state index in [0.29, 0.717) is 12.2 Å². The predicted molar refractivity (Wildman–Crippen MR) is 89.0 cm³/mol. The summed E-state index contributed by atoms with van der Waals surface area (Å²) in [5.41, 5.74) is 1.31.